The van der Waals surface area contributed by atoms with Crippen molar-refractivity contribution < 1.29 is 32.9 Å². The van der Waals surface area contributed by atoms with Gasteiger partial charge in [0.05, 0.1) is 39.9 Å². The quantitative estimate of drug-likeness (QED) is 0.0275. The molecule has 0 aliphatic rings. The van der Waals surface area contributed by atoms with Crippen molar-refractivity contribution in [2.24, 2.45) is 0 Å². The van der Waals surface area contributed by atoms with Gasteiger partial charge >= 0.3 is 0 Å². The third kappa shape index (κ3) is 41.2. The number of carbonyl (C=O) groups is 1. The molecule has 9 heteroatoms. The van der Waals surface area contributed by atoms with E-state index in [1.54, 1.807) is 6.08 Å². The Labute approximate surface area is 347 Å². The second-order valence-corrected chi connectivity index (χ2v) is 18.9. The Balaban J connectivity index is 3.79. The monoisotopic (exact) mass is 813 g/mol. The minimum Gasteiger partial charge on any atom is -0.756 e. The molecule has 0 aromatic carbocycles. The topological polar surface area (TPSA) is 108 Å². The zero-order chi connectivity index (χ0) is 41.4. The number of nitrogens with one attached hydrogen (secondary N) is 1. The lowest BCUT2D eigenvalue weighted by atomic mass is 10.0. The molecule has 0 heterocycles. The number of amides is 1. The summed E-state index contributed by atoms with van der Waals surface area (Å²) in [5, 5.41) is 13.5. The van der Waals surface area contributed by atoms with Crippen LogP contribution in [-0.4, -0.2) is 68.5 Å². The lowest BCUT2D eigenvalue weighted by Gasteiger charge is -2.29. The van der Waals surface area contributed by atoms with Crippen LogP contribution in [0.15, 0.2) is 24.3 Å². The van der Waals surface area contributed by atoms with Gasteiger partial charge in [0.1, 0.15) is 13.2 Å². The number of aliphatic hydroxyl groups excluding tert-OH is 1. The summed E-state index contributed by atoms with van der Waals surface area (Å²) in [6, 6.07) is -0.895. The molecular weight excluding hydrogens is 719 g/mol. The summed E-state index contributed by atoms with van der Waals surface area (Å²) in [6.45, 7) is 4.38. The molecule has 0 rings (SSSR count). The number of hydrogen-bond donors (Lipinski definition) is 2. The van der Waals surface area contributed by atoms with E-state index in [2.05, 4.69) is 24.4 Å². The molecule has 0 spiro atoms. The van der Waals surface area contributed by atoms with Gasteiger partial charge in [-0.2, -0.15) is 0 Å². The molecule has 2 N–H and O–H groups in total. The highest BCUT2D eigenvalue weighted by molar-refractivity contribution is 7.45. The number of nitrogens with zero attached hydrogens (tertiary/aromatic N) is 1. The van der Waals surface area contributed by atoms with Gasteiger partial charge in [0.2, 0.25) is 5.91 Å². The summed E-state index contributed by atoms with van der Waals surface area (Å²) >= 11 is 0. The van der Waals surface area contributed by atoms with Crippen LogP contribution < -0.4 is 10.2 Å². The maximum Gasteiger partial charge on any atom is 0.268 e. The number of carbonyl (C=O) groups excluding carboxylic acids is 1. The van der Waals surface area contributed by atoms with Crippen molar-refractivity contribution in [3.05, 3.63) is 24.3 Å². The molecule has 0 aromatic rings. The van der Waals surface area contributed by atoms with Crippen LogP contribution in [0.2, 0.25) is 0 Å². The van der Waals surface area contributed by atoms with Crippen LogP contribution in [-0.2, 0) is 18.4 Å². The molecule has 332 valence electrons. The second kappa shape index (κ2) is 39.4. The van der Waals surface area contributed by atoms with Crippen molar-refractivity contribution >= 4 is 13.7 Å². The van der Waals surface area contributed by atoms with E-state index < -0.39 is 26.6 Å². The SMILES string of the molecule is CCCCCCCCCCCCCCCCCCCCCCCCCCCC/C=C/CC/C=C/C(O)C(COP(=O)([O-])OCC[N+](C)(C)C)NC(=O)CCCC. The fraction of sp³-hybridized carbons (Fsp3) is 0.894. The molecule has 3 unspecified atom stereocenters. The number of aliphatic hydroxyl groups is 1. The molecule has 3 atom stereocenters. The van der Waals surface area contributed by atoms with Crippen LogP contribution in [0.5, 0.6) is 0 Å². The Morgan fingerprint density at radius 1 is 0.607 bits per heavy atom. The van der Waals surface area contributed by atoms with E-state index in [0.29, 0.717) is 23.9 Å². The summed E-state index contributed by atoms with van der Waals surface area (Å²) in [5.41, 5.74) is 0. The van der Waals surface area contributed by atoms with E-state index in [1.807, 2.05) is 34.1 Å². The Kier molecular flexibility index (Phi) is 38.7. The van der Waals surface area contributed by atoms with E-state index in [9.17, 15) is 19.4 Å². The fourth-order valence-corrected chi connectivity index (χ4v) is 7.58. The van der Waals surface area contributed by atoms with Crippen LogP contribution >= 0.6 is 7.82 Å². The molecule has 8 nitrogen and oxygen atoms in total. The molecule has 56 heavy (non-hydrogen) atoms. The minimum atomic E-state index is -4.57. The van der Waals surface area contributed by atoms with Crippen LogP contribution in [0, 0.1) is 0 Å². The van der Waals surface area contributed by atoms with Crippen molar-refractivity contribution in [3.63, 3.8) is 0 Å². The maximum absolute atomic E-state index is 12.4. The molecule has 0 bridgehead atoms. The van der Waals surface area contributed by atoms with Crippen LogP contribution in [0.1, 0.15) is 219 Å². The first kappa shape index (κ1) is 55.0. The molecule has 0 aliphatic carbocycles. The summed E-state index contributed by atoms with van der Waals surface area (Å²) < 4.78 is 22.8. The maximum atomic E-state index is 12.4. The number of likely N-dealkylation sites (N-methyl/N-ethyl adjacent to an activating group) is 1. The third-order valence-electron chi connectivity index (χ3n) is 10.7. The zero-order valence-corrected chi connectivity index (χ0v) is 38.5. The number of unbranched alkanes of at least 4 members (excludes halogenated alkanes) is 28. The number of hydrogen-bond acceptors (Lipinski definition) is 6. The largest absolute Gasteiger partial charge is 0.756 e. The molecule has 0 fully saturated rings. The van der Waals surface area contributed by atoms with Crippen LogP contribution in [0.3, 0.4) is 0 Å². The summed E-state index contributed by atoms with van der Waals surface area (Å²) in [7, 11) is 1.24. The molecule has 1 amide bonds. The molecule has 0 saturated heterocycles. The van der Waals surface area contributed by atoms with E-state index >= 15 is 0 Å². The molecular formula is C47H93N2O6P. The average molecular weight is 813 g/mol. The van der Waals surface area contributed by atoms with Crippen molar-refractivity contribution in [3.8, 4) is 0 Å². The molecule has 0 saturated carbocycles. The summed E-state index contributed by atoms with van der Waals surface area (Å²) in [4.78, 5) is 24.6. The molecule has 0 aliphatic heterocycles. The van der Waals surface area contributed by atoms with E-state index in [1.165, 1.54) is 167 Å². The normalized spacial score (nSPS) is 14.5. The number of rotatable bonds is 43. The minimum absolute atomic E-state index is 0.00647. The molecule has 0 radical (unpaired) electrons. The highest BCUT2D eigenvalue weighted by atomic mass is 31.2. The first-order valence-corrected chi connectivity index (χ1v) is 25.2. The number of phosphoric acid groups is 1. The number of phosphoric ester groups is 1. The van der Waals surface area contributed by atoms with Gasteiger partial charge in [-0.25, -0.2) is 0 Å². The highest BCUT2D eigenvalue weighted by Gasteiger charge is 2.23. The average Bonchev–Trinajstić information content (AvgIpc) is 3.15. The second-order valence-electron chi connectivity index (χ2n) is 17.5. The first-order valence-electron chi connectivity index (χ1n) is 23.7. The Morgan fingerprint density at radius 3 is 1.43 bits per heavy atom. The summed E-state index contributed by atoms with van der Waals surface area (Å²) in [6.07, 6.45) is 48.2. The smallest absolute Gasteiger partial charge is 0.268 e. The Morgan fingerprint density at radius 2 is 1.00 bits per heavy atom. The van der Waals surface area contributed by atoms with Crippen molar-refractivity contribution in [2.45, 2.75) is 231 Å². The molecule has 0 aromatic heterocycles. The lowest BCUT2D eigenvalue weighted by molar-refractivity contribution is -0.870. The summed E-state index contributed by atoms with van der Waals surface area (Å²) in [5.74, 6) is -0.242. The third-order valence-corrected chi connectivity index (χ3v) is 11.6. The van der Waals surface area contributed by atoms with Crippen LogP contribution in [0.25, 0.3) is 0 Å². The first-order chi connectivity index (χ1) is 27.0. The van der Waals surface area contributed by atoms with Gasteiger partial charge in [-0.3, -0.25) is 9.36 Å². The van der Waals surface area contributed by atoms with Gasteiger partial charge in [-0.05, 0) is 32.1 Å². The predicted molar refractivity (Wildman–Crippen MR) is 238 cm³/mol. The number of quaternary nitrogens is 1. The fourth-order valence-electron chi connectivity index (χ4n) is 6.85. The standard InChI is InChI=1S/C47H93N2O6P/c1-6-8-10-11-12-13-14-15-16-17-18-19-20-21-22-23-24-25-26-27-28-29-30-31-32-33-34-35-36-37-38-39-40-46(50)45(48-47(51)41-9-7-2)44-55-56(52,53)54-43-42-49(3,4)5/h35-36,39-40,45-46,50H,6-34,37-38,41-44H2,1-5H3,(H-,48,51,52,53)/b36-35+,40-39+. The van der Waals surface area contributed by atoms with Gasteiger partial charge in [-0.15, -0.1) is 0 Å². The van der Waals surface area contributed by atoms with Crippen LogP contribution in [0.4, 0.5) is 0 Å². The van der Waals surface area contributed by atoms with Gasteiger partial charge in [0.25, 0.3) is 7.82 Å². The van der Waals surface area contributed by atoms with Crippen molar-refractivity contribution in [2.75, 3.05) is 40.9 Å². The van der Waals surface area contributed by atoms with Gasteiger partial charge < -0.3 is 28.8 Å². The van der Waals surface area contributed by atoms with Gasteiger partial charge in [0, 0.05) is 6.42 Å². The van der Waals surface area contributed by atoms with Gasteiger partial charge in [0.15, 0.2) is 0 Å². The predicted octanol–water partition coefficient (Wildman–Crippen LogP) is 12.7. The van der Waals surface area contributed by atoms with Crippen molar-refractivity contribution in [1.29, 1.82) is 0 Å². The van der Waals surface area contributed by atoms with Gasteiger partial charge in [-0.1, -0.05) is 205 Å². The van der Waals surface area contributed by atoms with E-state index in [4.69, 9.17) is 9.05 Å². The lowest BCUT2D eigenvalue weighted by Crippen LogP contribution is -2.45. The Hall–Kier alpha value is -1.02. The van der Waals surface area contributed by atoms with E-state index in [0.717, 1.165) is 25.7 Å². The van der Waals surface area contributed by atoms with Crippen molar-refractivity contribution in [1.82, 2.24) is 5.32 Å². The number of allylic oxidation sites excluding steroid dienone is 3. The Bertz CT molecular complexity index is 969. The highest BCUT2D eigenvalue weighted by Crippen LogP contribution is 2.38. The zero-order valence-electron chi connectivity index (χ0n) is 37.6. The van der Waals surface area contributed by atoms with E-state index in [-0.39, 0.29) is 12.5 Å².